The normalized spacial score (nSPS) is 10.8. The van der Waals surface area contributed by atoms with Crippen LogP contribution in [-0.4, -0.2) is 40.8 Å². The second-order valence-corrected chi connectivity index (χ2v) is 17.5. The molecule has 0 aliphatic carbocycles. The zero-order valence-electron chi connectivity index (χ0n) is 43.4. The van der Waals surface area contributed by atoms with Gasteiger partial charge in [0.1, 0.15) is 18.9 Å². The molecule has 10 rings (SSSR count). The van der Waals surface area contributed by atoms with Gasteiger partial charge in [0, 0.05) is 18.9 Å². The van der Waals surface area contributed by atoms with Gasteiger partial charge in [0.25, 0.3) is 0 Å². The Morgan fingerprint density at radius 1 is 0.506 bits per heavy atom. The largest absolute Gasteiger partial charge is 2.00 e. The molecule has 0 radical (unpaired) electrons. The van der Waals surface area contributed by atoms with E-state index in [-0.39, 0.29) is 45.5 Å². The van der Waals surface area contributed by atoms with Crippen LogP contribution >= 0.6 is 26.4 Å². The van der Waals surface area contributed by atoms with Crippen molar-refractivity contribution in [3.05, 3.63) is 255 Å². The second-order valence-electron chi connectivity index (χ2n) is 17.5. The van der Waals surface area contributed by atoms with Crippen LogP contribution in [0.5, 0.6) is 0 Å². The molecule has 5 aromatic heterocycles. The van der Waals surface area contributed by atoms with Crippen molar-refractivity contribution in [3.63, 3.8) is 0 Å². The Bertz CT molecular complexity index is 2660. The number of pyridine rings is 4. The van der Waals surface area contributed by atoms with Crippen molar-refractivity contribution in [2.24, 2.45) is 0 Å². The number of benzene rings is 4. The maximum atomic E-state index is 4.62. The molecular weight excluding hydrogens is 1400 g/mol. The number of aromatic nitrogens is 6. The maximum absolute atomic E-state index is 4.62. The molecule has 8 nitrogen and oxygen atoms in total. The van der Waals surface area contributed by atoms with Crippen LogP contribution in [0.3, 0.4) is 0 Å². The minimum Gasteiger partial charge on any atom is -0.295 e. The Balaban J connectivity index is 0.000000264. The number of hydrogen-bond donors (Lipinski definition) is 0. The van der Waals surface area contributed by atoms with E-state index in [4.69, 9.17) is 0 Å². The molecule has 12 heteroatoms. The minimum absolute atomic E-state index is 0. The number of hydrogen-bond acceptors (Lipinski definition) is 6. The maximum Gasteiger partial charge on any atom is 2.00 e. The molecule has 0 amide bonds. The third kappa shape index (κ3) is 24.2. The van der Waals surface area contributed by atoms with Gasteiger partial charge in [-0.15, -0.1) is 88.8 Å². The van der Waals surface area contributed by atoms with Crippen LogP contribution in [0, 0.1) is 18.8 Å². The molecule has 77 heavy (non-hydrogen) atoms. The zero-order chi connectivity index (χ0) is 51.7. The fraction of sp³-hybridized carbons (Fsp3) is 0.231. The fourth-order valence-corrected chi connectivity index (χ4v) is 7.95. The molecular formula is C65H73BrClN8Pt2+. The van der Waals surface area contributed by atoms with Crippen molar-refractivity contribution >= 4 is 26.4 Å². The van der Waals surface area contributed by atoms with Gasteiger partial charge in [-0.25, -0.2) is 9.13 Å². The summed E-state index contributed by atoms with van der Waals surface area (Å²) < 4.78 is 4.54. The van der Waals surface area contributed by atoms with Gasteiger partial charge in [0.2, 0.25) is 6.33 Å². The van der Waals surface area contributed by atoms with Crippen LogP contribution in [0.15, 0.2) is 226 Å². The smallest absolute Gasteiger partial charge is 0.295 e. The van der Waals surface area contributed by atoms with E-state index in [0.29, 0.717) is 0 Å². The first-order valence-corrected chi connectivity index (χ1v) is 28.5. The van der Waals surface area contributed by atoms with Crippen LogP contribution in [0.1, 0.15) is 83.8 Å². The molecule has 406 valence electrons. The molecule has 0 atom stereocenters. The quantitative estimate of drug-likeness (QED) is 0.0484. The van der Waals surface area contributed by atoms with E-state index in [1.165, 1.54) is 62.5 Å². The van der Waals surface area contributed by atoms with E-state index in [1.54, 1.807) is 31.2 Å². The number of aryl methyl sites for hydroxylation is 1. The van der Waals surface area contributed by atoms with Crippen molar-refractivity contribution in [2.75, 3.05) is 6.54 Å². The first-order chi connectivity index (χ1) is 36.6. The summed E-state index contributed by atoms with van der Waals surface area (Å²) in [5, 5.41) is 0. The molecule has 0 unspecified atom stereocenters. The Morgan fingerprint density at radius 3 is 1.47 bits per heavy atom. The Morgan fingerprint density at radius 2 is 0.974 bits per heavy atom. The van der Waals surface area contributed by atoms with Crippen LogP contribution in [0.25, 0.3) is 45.3 Å². The van der Waals surface area contributed by atoms with E-state index in [2.05, 4.69) is 173 Å². The van der Waals surface area contributed by atoms with Gasteiger partial charge in [0.05, 0.1) is 29.3 Å². The molecule has 9 aromatic rings. The molecule has 0 N–H and O–H groups in total. The average Bonchev–Trinajstić information content (AvgIpc) is 4.14. The molecule has 0 fully saturated rings. The first-order valence-electron chi connectivity index (χ1n) is 25.6. The standard InChI is InChI=1S/2C16H11N2.2C16H23N2.CH4.BrH.ClH.2Pt/c2*1-2-7-13(8-3-1)14-10-6-11-16(18-14)15-9-4-5-12-17-15;2*1-2-3-4-8-11-17-12-13-18(15-17)14-16-9-6-5-7-10-16;;;;;/h2*1-7,9-12H;2*5-7,9-10,12-13,15H,2-4,8,11,14H2,1H3;1H4;2*1H;;/q3*-1;+1;;;;2*+2/p-1. The van der Waals surface area contributed by atoms with Crippen LogP contribution in [0.4, 0.5) is 0 Å². The monoisotopic (exact) mass is 1470 g/mol. The minimum atomic E-state index is 0. The van der Waals surface area contributed by atoms with Gasteiger partial charge in [-0.3, -0.25) is 19.9 Å². The van der Waals surface area contributed by atoms with Crippen LogP contribution < -0.4 is 4.57 Å². The van der Waals surface area contributed by atoms with Crippen molar-refractivity contribution < 1.29 is 44.4 Å². The Hall–Kier alpha value is -5.82. The predicted octanol–water partition coefficient (Wildman–Crippen LogP) is 16.5. The second kappa shape index (κ2) is 39.5. The average molecular weight is 1470 g/mol. The molecule has 0 saturated carbocycles. The predicted molar refractivity (Wildman–Crippen MR) is 317 cm³/mol. The Kier molecular flexibility index (Phi) is 33.6. The summed E-state index contributed by atoms with van der Waals surface area (Å²) >= 11 is 1.61. The summed E-state index contributed by atoms with van der Waals surface area (Å²) in [4.78, 5) is 22.4. The van der Waals surface area contributed by atoms with Gasteiger partial charge < -0.3 is 9.80 Å². The zero-order valence-corrected chi connectivity index (χ0v) is 50.4. The van der Waals surface area contributed by atoms with Crippen molar-refractivity contribution in [1.82, 2.24) is 34.3 Å². The van der Waals surface area contributed by atoms with E-state index < -0.39 is 0 Å². The van der Waals surface area contributed by atoms with Crippen molar-refractivity contribution in [1.29, 1.82) is 0 Å². The summed E-state index contributed by atoms with van der Waals surface area (Å²) in [6.07, 6.45) is 25.0. The van der Waals surface area contributed by atoms with Crippen molar-refractivity contribution in [3.8, 4) is 45.3 Å². The number of halogens is 2. The first kappa shape index (κ1) is 65.5. The third-order valence-electron chi connectivity index (χ3n) is 11.8. The molecule has 1 aliphatic heterocycles. The van der Waals surface area contributed by atoms with Crippen molar-refractivity contribution in [2.45, 2.75) is 92.3 Å². The fourth-order valence-electron chi connectivity index (χ4n) is 7.95. The number of nitrogens with zero attached hydrogens (tertiary/aromatic N) is 8. The molecule has 6 heterocycles. The Labute approximate surface area is 500 Å². The van der Waals surface area contributed by atoms with E-state index in [9.17, 15) is 0 Å². The summed E-state index contributed by atoms with van der Waals surface area (Å²) in [6, 6.07) is 66.8. The number of unbranched alkanes of at least 4 members (excludes halogenated alkanes) is 6. The van der Waals surface area contributed by atoms with Gasteiger partial charge in [-0.2, -0.15) is 6.67 Å². The molecule has 0 bridgehead atoms. The number of rotatable bonds is 18. The summed E-state index contributed by atoms with van der Waals surface area (Å²) in [5.74, 6) is 0. The van der Waals surface area contributed by atoms with Gasteiger partial charge in [-0.05, 0) is 97.1 Å². The van der Waals surface area contributed by atoms with E-state index >= 15 is 0 Å². The topological polar surface area (TPSA) is 66.8 Å². The van der Waals surface area contributed by atoms with Gasteiger partial charge >= 0.3 is 49.3 Å². The molecule has 0 saturated heterocycles. The van der Waals surface area contributed by atoms with Gasteiger partial charge in [-0.1, -0.05) is 150 Å². The number of imidazole rings is 1. The molecule has 4 aromatic carbocycles. The summed E-state index contributed by atoms with van der Waals surface area (Å²) in [7, 11) is 4.61. The third-order valence-corrected chi connectivity index (χ3v) is 11.8. The summed E-state index contributed by atoms with van der Waals surface area (Å²) in [6.45, 7) is 10.9. The van der Waals surface area contributed by atoms with Crippen LogP contribution in [0.2, 0.25) is 0 Å². The SMILES string of the molecule is Br.C.CCCCCCN1C=CN(Cc2ccccc2)[CH-]1.CCCCCCn1cc[n+](Cc2ccccc2)c1.[Cl][Pt+].[Pt+2].[c-]1ccccc1-c1cccc(-c2ccccn2)n1.[c-]1ccccc1-c1cccc(-c2ccccn2)n1. The molecule has 1 aliphatic rings. The summed E-state index contributed by atoms with van der Waals surface area (Å²) in [5.41, 5.74) is 10.1. The van der Waals surface area contributed by atoms with E-state index in [0.717, 1.165) is 71.5 Å². The van der Waals surface area contributed by atoms with Gasteiger partial charge in [0.15, 0.2) is 0 Å². The van der Waals surface area contributed by atoms with Crippen LogP contribution in [-0.2, 0) is 59.5 Å². The molecule has 0 spiro atoms. The van der Waals surface area contributed by atoms with E-state index in [1.807, 2.05) is 121 Å².